The number of methoxy groups -OCH3 is 1. The number of ether oxygens (including phenoxy) is 1. The molecule has 1 amide bonds. The highest BCUT2D eigenvalue weighted by Gasteiger charge is 2.23. The lowest BCUT2D eigenvalue weighted by Gasteiger charge is -2.00. The highest BCUT2D eigenvalue weighted by atomic mass is 127. The molecule has 1 aliphatic rings. The van der Waals surface area contributed by atoms with E-state index >= 15 is 0 Å². The average molecular weight is 436 g/mol. The smallest absolute Gasteiger partial charge is 0.264 e. The van der Waals surface area contributed by atoms with E-state index in [1.54, 1.807) is 7.11 Å². The first-order valence-corrected chi connectivity index (χ1v) is 8.73. The minimum Gasteiger partial charge on any atom is -0.497 e. The number of thioether (sulfide) groups is 1. The fourth-order valence-corrected chi connectivity index (χ4v) is 3.20. The number of carbonyl (C=O) groups excluding carboxylic acids is 1. The second-order valence-electron chi connectivity index (χ2n) is 4.73. The van der Waals surface area contributed by atoms with Gasteiger partial charge < -0.3 is 10.1 Å². The first-order chi connectivity index (χ1) is 11.1. The number of carbonyl (C=O) groups is 1. The van der Waals surface area contributed by atoms with E-state index in [-0.39, 0.29) is 5.91 Å². The van der Waals surface area contributed by atoms with Crippen LogP contribution in [0.3, 0.4) is 0 Å². The summed E-state index contributed by atoms with van der Waals surface area (Å²) in [6.45, 7) is 0. The van der Waals surface area contributed by atoms with Crippen molar-refractivity contribution < 1.29 is 9.53 Å². The van der Waals surface area contributed by atoms with Crippen LogP contribution in [0.5, 0.6) is 5.75 Å². The van der Waals surface area contributed by atoms with Gasteiger partial charge in [0, 0.05) is 3.57 Å². The lowest BCUT2D eigenvalue weighted by molar-refractivity contribution is -0.115. The number of aliphatic imine (C=N–C) groups is 1. The van der Waals surface area contributed by atoms with Gasteiger partial charge in [-0.2, -0.15) is 0 Å². The number of nitrogens with zero attached hydrogens (tertiary/aromatic N) is 1. The lowest BCUT2D eigenvalue weighted by Crippen LogP contribution is -2.19. The van der Waals surface area contributed by atoms with Crippen LogP contribution in [0.25, 0.3) is 6.08 Å². The van der Waals surface area contributed by atoms with Crippen molar-refractivity contribution in [3.8, 4) is 5.75 Å². The van der Waals surface area contributed by atoms with E-state index in [1.165, 1.54) is 11.8 Å². The van der Waals surface area contributed by atoms with Crippen LogP contribution in [0.4, 0.5) is 5.69 Å². The molecule has 0 spiro atoms. The Kier molecular flexibility index (Phi) is 5.02. The molecule has 0 bridgehead atoms. The van der Waals surface area contributed by atoms with E-state index in [4.69, 9.17) is 4.74 Å². The number of nitrogens with one attached hydrogen (secondary N) is 1. The predicted molar refractivity (Wildman–Crippen MR) is 103 cm³/mol. The van der Waals surface area contributed by atoms with Gasteiger partial charge in [0.1, 0.15) is 5.75 Å². The topological polar surface area (TPSA) is 50.7 Å². The maximum absolute atomic E-state index is 12.1. The molecule has 116 valence electrons. The van der Waals surface area contributed by atoms with Crippen LogP contribution in [-0.4, -0.2) is 18.2 Å². The summed E-state index contributed by atoms with van der Waals surface area (Å²) in [5.41, 5.74) is 1.73. The number of benzene rings is 2. The number of amides is 1. The van der Waals surface area contributed by atoms with Crippen molar-refractivity contribution in [2.45, 2.75) is 0 Å². The molecule has 0 aliphatic carbocycles. The van der Waals surface area contributed by atoms with Crippen LogP contribution >= 0.6 is 34.4 Å². The maximum atomic E-state index is 12.1. The van der Waals surface area contributed by atoms with Gasteiger partial charge in [-0.15, -0.1) is 0 Å². The molecule has 0 saturated carbocycles. The van der Waals surface area contributed by atoms with Crippen molar-refractivity contribution in [1.29, 1.82) is 0 Å². The van der Waals surface area contributed by atoms with Crippen LogP contribution < -0.4 is 10.1 Å². The Morgan fingerprint density at radius 1 is 1.22 bits per heavy atom. The first kappa shape index (κ1) is 16.1. The normalized spacial score (nSPS) is 17.6. The van der Waals surface area contributed by atoms with Crippen LogP contribution in [0, 0.1) is 3.57 Å². The van der Waals surface area contributed by atoms with Gasteiger partial charge in [-0.25, -0.2) is 4.99 Å². The lowest BCUT2D eigenvalue weighted by atomic mass is 10.2. The largest absolute Gasteiger partial charge is 0.497 e. The van der Waals surface area contributed by atoms with E-state index < -0.39 is 0 Å². The highest BCUT2D eigenvalue weighted by molar-refractivity contribution is 14.1. The number of rotatable bonds is 3. The summed E-state index contributed by atoms with van der Waals surface area (Å²) in [4.78, 5) is 17.1. The third-order valence-corrected chi connectivity index (χ3v) is 4.73. The van der Waals surface area contributed by atoms with Gasteiger partial charge in [-0.05, 0) is 82.4 Å². The first-order valence-electron chi connectivity index (χ1n) is 6.83. The van der Waals surface area contributed by atoms with Crippen molar-refractivity contribution in [2.24, 2.45) is 4.99 Å². The highest BCUT2D eigenvalue weighted by Crippen LogP contribution is 2.28. The van der Waals surface area contributed by atoms with Crippen molar-refractivity contribution in [3.05, 3.63) is 62.6 Å². The molecule has 1 fully saturated rings. The van der Waals surface area contributed by atoms with Crippen molar-refractivity contribution in [3.63, 3.8) is 0 Å². The summed E-state index contributed by atoms with van der Waals surface area (Å²) < 4.78 is 6.34. The second kappa shape index (κ2) is 7.18. The number of halogens is 1. The van der Waals surface area contributed by atoms with Gasteiger partial charge >= 0.3 is 0 Å². The van der Waals surface area contributed by atoms with E-state index in [0.717, 1.165) is 20.6 Å². The Morgan fingerprint density at radius 3 is 2.74 bits per heavy atom. The minimum absolute atomic E-state index is 0.137. The molecule has 1 heterocycles. The maximum Gasteiger partial charge on any atom is 0.264 e. The summed E-state index contributed by atoms with van der Waals surface area (Å²) in [6, 6.07) is 15.4. The Hall–Kier alpha value is -1.80. The van der Waals surface area contributed by atoms with Crippen LogP contribution in [0.15, 0.2) is 58.4 Å². The molecule has 1 saturated heterocycles. The van der Waals surface area contributed by atoms with E-state index in [0.29, 0.717) is 10.1 Å². The molecule has 1 N–H and O–H groups in total. The zero-order chi connectivity index (χ0) is 16.2. The Balaban J connectivity index is 1.81. The van der Waals surface area contributed by atoms with Crippen LogP contribution in [0.1, 0.15) is 5.56 Å². The Morgan fingerprint density at radius 2 is 2.00 bits per heavy atom. The third-order valence-electron chi connectivity index (χ3n) is 3.10. The van der Waals surface area contributed by atoms with Gasteiger partial charge in [-0.1, -0.05) is 12.1 Å². The van der Waals surface area contributed by atoms with Crippen molar-refractivity contribution >= 4 is 57.2 Å². The molecule has 0 unspecified atom stereocenters. The molecule has 1 aliphatic heterocycles. The number of hydrogen-bond donors (Lipinski definition) is 1. The SMILES string of the molecule is COc1cccc(/C=C2/SC(=Nc3ccc(I)cc3)NC2=O)c1. The summed E-state index contributed by atoms with van der Waals surface area (Å²) in [5, 5.41) is 3.38. The molecule has 0 radical (unpaired) electrons. The van der Waals surface area contributed by atoms with Crippen molar-refractivity contribution in [1.82, 2.24) is 5.32 Å². The third kappa shape index (κ3) is 4.14. The molecular formula is C17H13IN2O2S. The Bertz CT molecular complexity index is 800. The van der Waals surface area contributed by atoms with Gasteiger partial charge in [0.05, 0.1) is 17.7 Å². The predicted octanol–water partition coefficient (Wildman–Crippen LogP) is 4.19. The number of hydrogen-bond acceptors (Lipinski definition) is 4. The van der Waals surface area contributed by atoms with E-state index in [1.807, 2.05) is 54.6 Å². The molecule has 0 aromatic heterocycles. The zero-order valence-electron chi connectivity index (χ0n) is 12.2. The van der Waals surface area contributed by atoms with Crippen LogP contribution in [0.2, 0.25) is 0 Å². The summed E-state index contributed by atoms with van der Waals surface area (Å²) in [6.07, 6.45) is 1.83. The molecule has 2 aromatic carbocycles. The fraction of sp³-hybridized carbons (Fsp3) is 0.0588. The monoisotopic (exact) mass is 436 g/mol. The zero-order valence-corrected chi connectivity index (χ0v) is 15.2. The quantitative estimate of drug-likeness (QED) is 0.580. The van der Waals surface area contributed by atoms with Gasteiger partial charge in [-0.3, -0.25) is 4.79 Å². The molecule has 4 nitrogen and oxygen atoms in total. The van der Waals surface area contributed by atoms with Gasteiger partial charge in [0.2, 0.25) is 0 Å². The van der Waals surface area contributed by atoms with E-state index in [9.17, 15) is 4.79 Å². The molecule has 23 heavy (non-hydrogen) atoms. The molecule has 6 heteroatoms. The van der Waals surface area contributed by atoms with Crippen LogP contribution in [-0.2, 0) is 4.79 Å². The molecule has 2 aromatic rings. The summed E-state index contributed by atoms with van der Waals surface area (Å²) >= 11 is 3.58. The van der Waals surface area contributed by atoms with Gasteiger partial charge in [0.15, 0.2) is 5.17 Å². The number of amidine groups is 1. The molecular weight excluding hydrogens is 423 g/mol. The van der Waals surface area contributed by atoms with E-state index in [2.05, 4.69) is 32.9 Å². The Labute approximate surface area is 152 Å². The minimum atomic E-state index is -0.137. The average Bonchev–Trinajstić information content (AvgIpc) is 2.89. The fourth-order valence-electron chi connectivity index (χ4n) is 2.00. The molecule has 0 atom stereocenters. The summed E-state index contributed by atoms with van der Waals surface area (Å²) in [7, 11) is 1.62. The summed E-state index contributed by atoms with van der Waals surface area (Å²) in [5.74, 6) is 0.623. The van der Waals surface area contributed by atoms with Gasteiger partial charge in [0.25, 0.3) is 5.91 Å². The molecule has 3 rings (SSSR count). The van der Waals surface area contributed by atoms with Crippen molar-refractivity contribution in [2.75, 3.05) is 7.11 Å². The standard InChI is InChI=1S/C17H13IN2O2S/c1-22-14-4-2-3-11(9-14)10-15-16(21)20-17(23-15)19-13-7-5-12(18)6-8-13/h2-10H,1H3,(H,19,20,21)/b15-10+. The second-order valence-corrected chi connectivity index (χ2v) is 7.01.